The van der Waals surface area contributed by atoms with E-state index in [1.54, 1.807) is 30.3 Å². The molecule has 0 atom stereocenters. The minimum atomic E-state index is -3.69. The maximum absolute atomic E-state index is 12.9. The van der Waals surface area contributed by atoms with E-state index in [4.69, 9.17) is 4.74 Å². The van der Waals surface area contributed by atoms with Crippen LogP contribution in [0.1, 0.15) is 10.4 Å². The van der Waals surface area contributed by atoms with Gasteiger partial charge >= 0.3 is 0 Å². The Kier molecular flexibility index (Phi) is 5.72. The molecule has 0 unspecified atom stereocenters. The average molecular weight is 472 g/mol. The third-order valence-corrected chi connectivity index (χ3v) is 6.51. The number of anilines is 1. The van der Waals surface area contributed by atoms with Crippen LogP contribution in [0.2, 0.25) is 0 Å². The lowest BCUT2D eigenvalue weighted by atomic mass is 10.2. The Morgan fingerprint density at radius 3 is 2.36 bits per heavy atom. The van der Waals surface area contributed by atoms with Crippen LogP contribution in [0.25, 0.3) is 0 Å². The second-order valence-corrected chi connectivity index (χ2v) is 8.63. The molecular formula is C17H17IN2O4S. The number of para-hydroxylation sites is 1. The van der Waals surface area contributed by atoms with E-state index in [0.29, 0.717) is 31.9 Å². The first kappa shape index (κ1) is 18.3. The number of nitrogens with one attached hydrogen (secondary N) is 1. The van der Waals surface area contributed by atoms with E-state index in [9.17, 15) is 13.2 Å². The molecule has 25 heavy (non-hydrogen) atoms. The molecular weight excluding hydrogens is 455 g/mol. The van der Waals surface area contributed by atoms with Gasteiger partial charge in [0.15, 0.2) is 0 Å². The van der Waals surface area contributed by atoms with Crippen molar-refractivity contribution in [3.8, 4) is 0 Å². The first-order valence-electron chi connectivity index (χ1n) is 7.72. The molecule has 8 heteroatoms. The van der Waals surface area contributed by atoms with Gasteiger partial charge in [-0.3, -0.25) is 4.79 Å². The van der Waals surface area contributed by atoms with Gasteiger partial charge in [-0.15, -0.1) is 0 Å². The van der Waals surface area contributed by atoms with Crippen LogP contribution in [0.15, 0.2) is 53.4 Å². The Hall–Kier alpha value is -1.49. The van der Waals surface area contributed by atoms with E-state index in [2.05, 4.69) is 27.9 Å². The smallest absolute Gasteiger partial charge is 0.255 e. The van der Waals surface area contributed by atoms with Crippen LogP contribution in [0.3, 0.4) is 0 Å². The van der Waals surface area contributed by atoms with E-state index in [0.717, 1.165) is 3.57 Å². The summed E-state index contributed by atoms with van der Waals surface area (Å²) in [7, 11) is -3.69. The minimum absolute atomic E-state index is 0.0933. The molecule has 1 N–H and O–H groups in total. The summed E-state index contributed by atoms with van der Waals surface area (Å²) in [5.74, 6) is -0.346. The molecule has 1 aliphatic rings. The first-order chi connectivity index (χ1) is 12.0. The number of benzene rings is 2. The molecule has 0 radical (unpaired) electrons. The fraction of sp³-hybridized carbons (Fsp3) is 0.235. The zero-order valence-corrected chi connectivity index (χ0v) is 16.3. The summed E-state index contributed by atoms with van der Waals surface area (Å²) in [6, 6.07) is 13.5. The Labute approximate surface area is 160 Å². The van der Waals surface area contributed by atoms with Crippen molar-refractivity contribution in [1.29, 1.82) is 0 Å². The van der Waals surface area contributed by atoms with Crippen LogP contribution in [0.5, 0.6) is 0 Å². The number of amides is 1. The third kappa shape index (κ3) is 4.20. The van der Waals surface area contributed by atoms with Crippen molar-refractivity contribution in [3.63, 3.8) is 0 Å². The zero-order valence-electron chi connectivity index (χ0n) is 13.3. The van der Waals surface area contributed by atoms with Gasteiger partial charge < -0.3 is 10.1 Å². The molecule has 2 aromatic rings. The van der Waals surface area contributed by atoms with Gasteiger partial charge in [-0.1, -0.05) is 12.1 Å². The first-order valence-corrected chi connectivity index (χ1v) is 10.2. The van der Waals surface area contributed by atoms with Gasteiger partial charge in [0.25, 0.3) is 5.91 Å². The summed E-state index contributed by atoms with van der Waals surface area (Å²) in [6.07, 6.45) is 0. The molecule has 1 fully saturated rings. The number of ether oxygens (including phenoxy) is 1. The third-order valence-electron chi connectivity index (χ3n) is 3.83. The summed E-state index contributed by atoms with van der Waals surface area (Å²) < 4.78 is 33.4. The van der Waals surface area contributed by atoms with Crippen LogP contribution >= 0.6 is 22.6 Å². The van der Waals surface area contributed by atoms with Crippen molar-refractivity contribution < 1.29 is 17.9 Å². The van der Waals surface area contributed by atoms with Crippen molar-refractivity contribution >= 4 is 44.2 Å². The summed E-state index contributed by atoms with van der Waals surface area (Å²) >= 11 is 2.16. The highest BCUT2D eigenvalue weighted by atomic mass is 127. The molecule has 0 saturated carbocycles. The maximum atomic E-state index is 12.9. The number of carbonyl (C=O) groups is 1. The Morgan fingerprint density at radius 2 is 1.68 bits per heavy atom. The second-order valence-electron chi connectivity index (χ2n) is 5.47. The average Bonchev–Trinajstić information content (AvgIpc) is 2.63. The second kappa shape index (κ2) is 7.81. The van der Waals surface area contributed by atoms with E-state index in [-0.39, 0.29) is 16.5 Å². The Morgan fingerprint density at radius 1 is 1.04 bits per heavy atom. The number of carbonyl (C=O) groups excluding carboxylic acids is 1. The Bertz CT molecular complexity index is 862. The molecule has 3 rings (SSSR count). The predicted molar refractivity (Wildman–Crippen MR) is 103 cm³/mol. The van der Waals surface area contributed by atoms with Crippen LogP contribution in [0, 0.1) is 3.57 Å². The number of hydrogen-bond donors (Lipinski definition) is 1. The largest absolute Gasteiger partial charge is 0.379 e. The van der Waals surface area contributed by atoms with E-state index < -0.39 is 10.0 Å². The van der Waals surface area contributed by atoms with Crippen molar-refractivity contribution in [2.45, 2.75) is 4.90 Å². The molecule has 0 spiro atoms. The topological polar surface area (TPSA) is 75.7 Å². The summed E-state index contributed by atoms with van der Waals surface area (Å²) in [5.41, 5.74) is 0.747. The standard InChI is InChI=1S/C17H17IN2O4S/c18-14-7-5-13(6-8-14)17(21)19-15-3-1-2-4-16(15)25(22,23)20-9-11-24-12-10-20/h1-8H,9-12H2,(H,19,21). The van der Waals surface area contributed by atoms with Crippen molar-refractivity contribution in [2.75, 3.05) is 31.6 Å². The molecule has 1 amide bonds. The van der Waals surface area contributed by atoms with Gasteiger partial charge in [0.2, 0.25) is 10.0 Å². The number of morpholine rings is 1. The summed E-state index contributed by atoms with van der Waals surface area (Å²) in [5, 5.41) is 2.71. The lowest BCUT2D eigenvalue weighted by molar-refractivity contribution is 0.0730. The molecule has 6 nitrogen and oxygen atoms in total. The SMILES string of the molecule is O=C(Nc1ccccc1S(=O)(=O)N1CCOCC1)c1ccc(I)cc1. The number of nitrogens with zero attached hydrogens (tertiary/aromatic N) is 1. The van der Waals surface area contributed by atoms with Crippen LogP contribution in [-0.2, 0) is 14.8 Å². The van der Waals surface area contributed by atoms with Crippen LogP contribution in [0.4, 0.5) is 5.69 Å². The normalized spacial score (nSPS) is 15.7. The van der Waals surface area contributed by atoms with Gasteiger partial charge in [-0.2, -0.15) is 4.31 Å². The number of rotatable bonds is 4. The van der Waals surface area contributed by atoms with Gasteiger partial charge in [0.05, 0.1) is 18.9 Å². The summed E-state index contributed by atoms with van der Waals surface area (Å²) in [4.78, 5) is 12.5. The highest BCUT2D eigenvalue weighted by Crippen LogP contribution is 2.25. The number of hydrogen-bond acceptors (Lipinski definition) is 4. The highest BCUT2D eigenvalue weighted by Gasteiger charge is 2.28. The molecule has 1 heterocycles. The molecule has 0 aliphatic carbocycles. The van der Waals surface area contributed by atoms with Crippen molar-refractivity contribution in [3.05, 3.63) is 57.7 Å². The van der Waals surface area contributed by atoms with E-state index >= 15 is 0 Å². The van der Waals surface area contributed by atoms with Gasteiger partial charge in [0, 0.05) is 22.2 Å². The summed E-state index contributed by atoms with van der Waals surface area (Å²) in [6.45, 7) is 1.36. The number of halogens is 1. The van der Waals surface area contributed by atoms with Crippen molar-refractivity contribution in [2.24, 2.45) is 0 Å². The quantitative estimate of drug-likeness (QED) is 0.695. The lowest BCUT2D eigenvalue weighted by Gasteiger charge is -2.26. The number of sulfonamides is 1. The minimum Gasteiger partial charge on any atom is -0.379 e. The molecule has 132 valence electrons. The van der Waals surface area contributed by atoms with E-state index in [1.807, 2.05) is 12.1 Å². The molecule has 2 aromatic carbocycles. The molecule has 1 aliphatic heterocycles. The van der Waals surface area contributed by atoms with Crippen LogP contribution in [-0.4, -0.2) is 44.9 Å². The fourth-order valence-corrected chi connectivity index (χ4v) is 4.43. The van der Waals surface area contributed by atoms with Gasteiger partial charge in [-0.05, 0) is 59.0 Å². The van der Waals surface area contributed by atoms with E-state index in [1.165, 1.54) is 10.4 Å². The highest BCUT2D eigenvalue weighted by molar-refractivity contribution is 14.1. The monoisotopic (exact) mass is 472 g/mol. The maximum Gasteiger partial charge on any atom is 0.255 e. The fourth-order valence-electron chi connectivity index (χ4n) is 2.52. The molecule has 0 bridgehead atoms. The zero-order chi connectivity index (χ0) is 17.9. The molecule has 1 saturated heterocycles. The predicted octanol–water partition coefficient (Wildman–Crippen LogP) is 2.56. The van der Waals surface area contributed by atoms with Gasteiger partial charge in [-0.25, -0.2) is 8.42 Å². The lowest BCUT2D eigenvalue weighted by Crippen LogP contribution is -2.40. The molecule has 0 aromatic heterocycles. The van der Waals surface area contributed by atoms with Crippen LogP contribution < -0.4 is 5.32 Å². The van der Waals surface area contributed by atoms with Crippen molar-refractivity contribution in [1.82, 2.24) is 4.31 Å². The Balaban J connectivity index is 1.88. The van der Waals surface area contributed by atoms with Gasteiger partial charge in [0.1, 0.15) is 4.90 Å².